The molecular formula is C15H16N2O6S. The first-order valence-electron chi connectivity index (χ1n) is 7.26. The fourth-order valence-corrected chi connectivity index (χ4v) is 4.10. The lowest BCUT2D eigenvalue weighted by Crippen LogP contribution is -2.47. The molecule has 0 spiro atoms. The molecule has 1 fully saturated rings. The molecule has 9 heteroatoms. The highest BCUT2D eigenvalue weighted by molar-refractivity contribution is 7.90. The average Bonchev–Trinajstić information content (AvgIpc) is 3.06. The lowest BCUT2D eigenvalue weighted by Gasteiger charge is -2.32. The van der Waals surface area contributed by atoms with Crippen LogP contribution >= 0.6 is 0 Å². The molecule has 1 aromatic heterocycles. The smallest absolute Gasteiger partial charge is 0.374 e. The molecule has 1 aliphatic rings. The third-order valence-electron chi connectivity index (χ3n) is 3.58. The molecule has 8 nitrogen and oxygen atoms in total. The Kier molecular flexibility index (Phi) is 4.56. The molecule has 0 unspecified atom stereocenters. The van der Waals surface area contributed by atoms with Crippen LogP contribution < -0.4 is 4.31 Å². The van der Waals surface area contributed by atoms with Gasteiger partial charge in [-0.05, 0) is 12.1 Å². The van der Waals surface area contributed by atoms with Crippen molar-refractivity contribution in [1.82, 2.24) is 4.31 Å². The predicted molar refractivity (Wildman–Crippen MR) is 85.6 cm³/mol. The summed E-state index contributed by atoms with van der Waals surface area (Å²) in [6.07, 6.45) is 1.16. The lowest BCUT2D eigenvalue weighted by atomic mass is 10.3. The van der Waals surface area contributed by atoms with E-state index in [-0.39, 0.29) is 18.8 Å². The van der Waals surface area contributed by atoms with Crippen LogP contribution in [0.3, 0.4) is 0 Å². The Morgan fingerprint density at radius 2 is 1.79 bits per heavy atom. The largest absolute Gasteiger partial charge is 0.475 e. The Labute approximate surface area is 139 Å². The minimum absolute atomic E-state index is 0.0415. The lowest BCUT2D eigenvalue weighted by molar-refractivity contribution is 0.0663. The molecule has 3 rings (SSSR count). The van der Waals surface area contributed by atoms with E-state index in [1.54, 1.807) is 30.3 Å². The Morgan fingerprint density at radius 3 is 2.42 bits per heavy atom. The second-order valence-electron chi connectivity index (χ2n) is 5.06. The van der Waals surface area contributed by atoms with Gasteiger partial charge in [0.05, 0.1) is 25.2 Å². The number of nitrogens with zero attached hydrogens (tertiary/aromatic N) is 2. The Morgan fingerprint density at radius 1 is 1.12 bits per heavy atom. The van der Waals surface area contributed by atoms with Crippen molar-refractivity contribution in [2.24, 2.45) is 0 Å². The van der Waals surface area contributed by atoms with Crippen LogP contribution in [0.15, 0.2) is 47.1 Å². The van der Waals surface area contributed by atoms with Crippen molar-refractivity contribution < 1.29 is 27.5 Å². The number of aromatic carboxylic acids is 1. The minimum Gasteiger partial charge on any atom is -0.475 e. The maximum absolute atomic E-state index is 13.1. The molecule has 1 saturated heterocycles. The maximum Gasteiger partial charge on any atom is 0.374 e. The summed E-state index contributed by atoms with van der Waals surface area (Å²) < 4.78 is 38.7. The Balaban J connectivity index is 2.12. The fraction of sp³-hybridized carbons (Fsp3) is 0.267. The number of ether oxygens (including phenoxy) is 1. The highest BCUT2D eigenvalue weighted by Crippen LogP contribution is 2.34. The van der Waals surface area contributed by atoms with Gasteiger partial charge in [0.2, 0.25) is 5.76 Å². The number of benzene rings is 1. The van der Waals surface area contributed by atoms with E-state index in [9.17, 15) is 18.3 Å². The van der Waals surface area contributed by atoms with Crippen molar-refractivity contribution in [2.45, 2.75) is 0 Å². The molecule has 128 valence electrons. The number of anilines is 2. The molecule has 2 aromatic rings. The van der Waals surface area contributed by atoms with E-state index in [1.807, 2.05) is 0 Å². The van der Waals surface area contributed by atoms with Crippen LogP contribution in [-0.2, 0) is 14.9 Å². The third kappa shape index (κ3) is 3.01. The van der Waals surface area contributed by atoms with Crippen LogP contribution in [0.2, 0.25) is 0 Å². The standard InChI is InChI=1S/C15H16N2O6S/c18-15(19)14-13(6-9-23-14)17(12-4-2-1-3-5-12)24(20,21)16-7-10-22-11-8-16/h1-6,9H,7-8,10-11H2,(H,18,19). The zero-order chi connectivity index (χ0) is 17.2. The van der Waals surface area contributed by atoms with Crippen LogP contribution in [0.5, 0.6) is 0 Å². The van der Waals surface area contributed by atoms with Gasteiger partial charge in [-0.2, -0.15) is 12.7 Å². The summed E-state index contributed by atoms with van der Waals surface area (Å²) in [4.78, 5) is 11.4. The molecular weight excluding hydrogens is 336 g/mol. The van der Waals surface area contributed by atoms with E-state index in [1.165, 1.54) is 10.4 Å². The molecule has 0 aliphatic carbocycles. The first kappa shape index (κ1) is 16.5. The predicted octanol–water partition coefficient (Wildman–Crippen LogP) is 1.69. The van der Waals surface area contributed by atoms with Crippen LogP contribution in [-0.4, -0.2) is 50.1 Å². The number of hydrogen-bond donors (Lipinski definition) is 1. The zero-order valence-corrected chi connectivity index (χ0v) is 13.5. The number of rotatable bonds is 5. The van der Waals surface area contributed by atoms with Gasteiger partial charge in [0.15, 0.2) is 0 Å². The van der Waals surface area contributed by atoms with Crippen molar-refractivity contribution in [3.63, 3.8) is 0 Å². The van der Waals surface area contributed by atoms with Crippen molar-refractivity contribution >= 4 is 27.6 Å². The van der Waals surface area contributed by atoms with Gasteiger partial charge < -0.3 is 14.3 Å². The minimum atomic E-state index is -3.99. The number of para-hydroxylation sites is 1. The molecule has 0 radical (unpaired) electrons. The summed E-state index contributed by atoms with van der Waals surface area (Å²) >= 11 is 0. The molecule has 1 aromatic carbocycles. The molecule has 0 atom stereocenters. The monoisotopic (exact) mass is 352 g/mol. The van der Waals surface area contributed by atoms with Crippen molar-refractivity contribution in [2.75, 3.05) is 30.6 Å². The van der Waals surface area contributed by atoms with Crippen LogP contribution in [0.25, 0.3) is 0 Å². The topological polar surface area (TPSA) is 100 Å². The quantitative estimate of drug-likeness (QED) is 0.879. The number of carbonyl (C=O) groups is 1. The average molecular weight is 352 g/mol. The molecule has 1 aliphatic heterocycles. The number of carboxylic acid groups (broad SMARTS) is 1. The fourth-order valence-electron chi connectivity index (χ4n) is 2.48. The summed E-state index contributed by atoms with van der Waals surface area (Å²) in [5, 5.41) is 9.28. The summed E-state index contributed by atoms with van der Waals surface area (Å²) in [5.41, 5.74) is 0.285. The maximum atomic E-state index is 13.1. The van der Waals surface area contributed by atoms with Crippen LogP contribution in [0, 0.1) is 0 Å². The third-order valence-corrected chi connectivity index (χ3v) is 5.46. The summed E-state index contributed by atoms with van der Waals surface area (Å²) in [7, 11) is -3.99. The second kappa shape index (κ2) is 6.63. The van der Waals surface area contributed by atoms with Crippen LogP contribution in [0.4, 0.5) is 11.4 Å². The Hall–Kier alpha value is -2.36. The van der Waals surface area contributed by atoms with Crippen molar-refractivity contribution in [3.8, 4) is 0 Å². The molecule has 0 saturated carbocycles. The van der Waals surface area contributed by atoms with E-state index in [4.69, 9.17) is 9.15 Å². The number of hydrogen-bond acceptors (Lipinski definition) is 5. The summed E-state index contributed by atoms with van der Waals surface area (Å²) in [6, 6.07) is 9.62. The normalized spacial score (nSPS) is 16.0. The highest BCUT2D eigenvalue weighted by Gasteiger charge is 2.35. The first-order chi connectivity index (χ1) is 11.5. The number of morpholine rings is 1. The second-order valence-corrected chi connectivity index (χ2v) is 6.84. The summed E-state index contributed by atoms with van der Waals surface area (Å²) in [5.74, 6) is -1.77. The van der Waals surface area contributed by atoms with Gasteiger partial charge in [-0.1, -0.05) is 18.2 Å². The van der Waals surface area contributed by atoms with Gasteiger partial charge in [-0.3, -0.25) is 0 Å². The molecule has 2 heterocycles. The molecule has 24 heavy (non-hydrogen) atoms. The van der Waals surface area contributed by atoms with E-state index in [0.29, 0.717) is 18.9 Å². The number of carboxylic acids is 1. The first-order valence-corrected chi connectivity index (χ1v) is 8.65. The molecule has 0 amide bonds. The Bertz CT molecular complexity index is 811. The van der Waals surface area contributed by atoms with E-state index in [0.717, 1.165) is 10.6 Å². The number of furan rings is 1. The van der Waals surface area contributed by atoms with Crippen molar-refractivity contribution in [3.05, 3.63) is 48.4 Å². The van der Waals surface area contributed by atoms with Gasteiger partial charge in [0, 0.05) is 19.2 Å². The zero-order valence-electron chi connectivity index (χ0n) is 12.7. The van der Waals surface area contributed by atoms with E-state index < -0.39 is 21.9 Å². The van der Waals surface area contributed by atoms with E-state index >= 15 is 0 Å². The van der Waals surface area contributed by atoms with Gasteiger partial charge in [-0.25, -0.2) is 9.10 Å². The summed E-state index contributed by atoms with van der Waals surface area (Å²) in [6.45, 7) is 0.982. The van der Waals surface area contributed by atoms with E-state index in [2.05, 4.69) is 0 Å². The molecule has 1 N–H and O–H groups in total. The van der Waals surface area contributed by atoms with Gasteiger partial charge >= 0.3 is 16.2 Å². The van der Waals surface area contributed by atoms with Gasteiger partial charge in [0.25, 0.3) is 0 Å². The van der Waals surface area contributed by atoms with Crippen LogP contribution in [0.1, 0.15) is 10.6 Å². The molecule has 0 bridgehead atoms. The highest BCUT2D eigenvalue weighted by atomic mass is 32.2. The van der Waals surface area contributed by atoms with Gasteiger partial charge in [-0.15, -0.1) is 0 Å². The van der Waals surface area contributed by atoms with Crippen molar-refractivity contribution in [1.29, 1.82) is 0 Å². The SMILES string of the molecule is O=C(O)c1occc1N(c1ccccc1)S(=O)(=O)N1CCOCC1. The van der Waals surface area contributed by atoms with Gasteiger partial charge in [0.1, 0.15) is 5.69 Å².